The lowest BCUT2D eigenvalue weighted by molar-refractivity contribution is 0.0988. The number of ketones is 1. The molecule has 2 rings (SSSR count). The first-order valence-electron chi connectivity index (χ1n) is 6.49. The summed E-state index contributed by atoms with van der Waals surface area (Å²) in [6.45, 7) is 5.28. The van der Waals surface area contributed by atoms with E-state index in [1.807, 2.05) is 23.6 Å². The first-order chi connectivity index (χ1) is 9.24. The van der Waals surface area contributed by atoms with E-state index in [4.69, 9.17) is 4.74 Å². The van der Waals surface area contributed by atoms with E-state index >= 15 is 0 Å². The molecule has 1 aromatic heterocycles. The molecule has 0 spiro atoms. The van der Waals surface area contributed by atoms with Crippen LogP contribution in [0.1, 0.15) is 36.3 Å². The summed E-state index contributed by atoms with van der Waals surface area (Å²) in [6, 6.07) is 7.27. The minimum Gasteiger partial charge on any atom is -0.487 e. The van der Waals surface area contributed by atoms with Gasteiger partial charge in [-0.2, -0.15) is 0 Å². The van der Waals surface area contributed by atoms with Gasteiger partial charge in [-0.15, -0.1) is 0 Å². The third-order valence-corrected chi connectivity index (χ3v) is 3.02. The van der Waals surface area contributed by atoms with Gasteiger partial charge in [-0.25, -0.2) is 4.98 Å². The fraction of sp³-hybridized carbons (Fsp3) is 0.333. The highest BCUT2D eigenvalue weighted by Crippen LogP contribution is 2.15. The Labute approximate surface area is 113 Å². The van der Waals surface area contributed by atoms with Gasteiger partial charge in [0.15, 0.2) is 5.78 Å². The smallest absolute Gasteiger partial charge is 0.162 e. The highest BCUT2D eigenvalue weighted by atomic mass is 16.5. The predicted molar refractivity (Wildman–Crippen MR) is 73.3 cm³/mol. The minimum absolute atomic E-state index is 0.149. The molecule has 0 saturated heterocycles. The molecule has 0 aliphatic heterocycles. The first kappa shape index (κ1) is 13.3. The van der Waals surface area contributed by atoms with E-state index in [-0.39, 0.29) is 5.78 Å². The van der Waals surface area contributed by atoms with E-state index in [1.165, 1.54) is 0 Å². The lowest BCUT2D eigenvalue weighted by atomic mass is 10.1. The van der Waals surface area contributed by atoms with Gasteiger partial charge in [-0.1, -0.05) is 6.92 Å². The SMILES string of the molecule is CCC(=O)c1ccc(OCc2cncn2CC)cc1. The molecule has 0 saturated carbocycles. The molecule has 100 valence electrons. The van der Waals surface area contributed by atoms with Gasteiger partial charge in [0.25, 0.3) is 0 Å². The summed E-state index contributed by atoms with van der Waals surface area (Å²) in [4.78, 5) is 15.6. The van der Waals surface area contributed by atoms with Crippen molar-refractivity contribution in [1.82, 2.24) is 9.55 Å². The Bertz CT molecular complexity index is 544. The summed E-state index contributed by atoms with van der Waals surface area (Å²) in [6.07, 6.45) is 4.12. The Balaban J connectivity index is 1.98. The normalized spacial score (nSPS) is 10.4. The molecule has 19 heavy (non-hydrogen) atoms. The maximum Gasteiger partial charge on any atom is 0.162 e. The van der Waals surface area contributed by atoms with Crippen molar-refractivity contribution in [1.29, 1.82) is 0 Å². The number of imidazole rings is 1. The van der Waals surface area contributed by atoms with Crippen LogP contribution in [0.15, 0.2) is 36.8 Å². The average molecular weight is 258 g/mol. The summed E-state index contributed by atoms with van der Waals surface area (Å²) >= 11 is 0. The van der Waals surface area contributed by atoms with Crippen molar-refractivity contribution >= 4 is 5.78 Å². The zero-order chi connectivity index (χ0) is 13.7. The van der Waals surface area contributed by atoms with Crippen LogP contribution >= 0.6 is 0 Å². The number of aryl methyl sites for hydroxylation is 1. The van der Waals surface area contributed by atoms with Crippen molar-refractivity contribution in [3.63, 3.8) is 0 Å². The first-order valence-corrected chi connectivity index (χ1v) is 6.49. The number of aromatic nitrogens is 2. The van der Waals surface area contributed by atoms with Crippen LogP contribution in [0.5, 0.6) is 5.75 Å². The molecular weight excluding hydrogens is 240 g/mol. The Morgan fingerprint density at radius 2 is 2.00 bits per heavy atom. The maximum absolute atomic E-state index is 11.5. The molecule has 0 aliphatic carbocycles. The lowest BCUT2D eigenvalue weighted by Gasteiger charge is -2.08. The number of hydrogen-bond acceptors (Lipinski definition) is 3. The van der Waals surface area contributed by atoms with Crippen LogP contribution in [0, 0.1) is 0 Å². The van der Waals surface area contributed by atoms with Crippen molar-refractivity contribution in [2.24, 2.45) is 0 Å². The van der Waals surface area contributed by atoms with Gasteiger partial charge >= 0.3 is 0 Å². The van der Waals surface area contributed by atoms with E-state index < -0.39 is 0 Å². The zero-order valence-electron chi connectivity index (χ0n) is 11.3. The summed E-state index contributed by atoms with van der Waals surface area (Å²) in [5.41, 5.74) is 1.77. The molecule has 1 heterocycles. The van der Waals surface area contributed by atoms with Crippen LogP contribution in [0.3, 0.4) is 0 Å². The molecule has 0 aliphatic rings. The fourth-order valence-corrected chi connectivity index (χ4v) is 1.85. The summed E-state index contributed by atoms with van der Waals surface area (Å²) in [5.74, 6) is 0.909. The van der Waals surface area contributed by atoms with Gasteiger partial charge in [0.2, 0.25) is 0 Å². The van der Waals surface area contributed by atoms with Gasteiger partial charge in [0.05, 0.1) is 18.2 Å². The number of nitrogens with zero attached hydrogens (tertiary/aromatic N) is 2. The molecule has 4 heteroatoms. The number of ether oxygens (including phenoxy) is 1. The molecule has 2 aromatic rings. The molecule has 0 atom stereocenters. The molecule has 0 unspecified atom stereocenters. The van der Waals surface area contributed by atoms with E-state index in [9.17, 15) is 4.79 Å². The third-order valence-electron chi connectivity index (χ3n) is 3.02. The second-order valence-corrected chi connectivity index (χ2v) is 4.26. The van der Waals surface area contributed by atoms with Crippen molar-refractivity contribution in [2.45, 2.75) is 33.4 Å². The van der Waals surface area contributed by atoms with Gasteiger partial charge < -0.3 is 9.30 Å². The second-order valence-electron chi connectivity index (χ2n) is 4.26. The summed E-state index contributed by atoms with van der Waals surface area (Å²) in [5, 5.41) is 0. The Kier molecular flexibility index (Phi) is 4.34. The minimum atomic E-state index is 0.149. The van der Waals surface area contributed by atoms with Crippen LogP contribution in [0.4, 0.5) is 0 Å². The van der Waals surface area contributed by atoms with E-state index in [0.29, 0.717) is 13.0 Å². The van der Waals surface area contributed by atoms with Gasteiger partial charge in [-0.05, 0) is 31.2 Å². The Morgan fingerprint density at radius 1 is 1.26 bits per heavy atom. The fourth-order valence-electron chi connectivity index (χ4n) is 1.85. The van der Waals surface area contributed by atoms with Gasteiger partial charge in [-0.3, -0.25) is 4.79 Å². The summed E-state index contributed by atoms with van der Waals surface area (Å²) in [7, 11) is 0. The predicted octanol–water partition coefficient (Wildman–Crippen LogP) is 3.07. The third kappa shape index (κ3) is 3.22. The molecule has 1 aromatic carbocycles. The Morgan fingerprint density at radius 3 is 2.63 bits per heavy atom. The molecule has 0 radical (unpaired) electrons. The number of Topliss-reactive ketones (excluding diaryl/α,β-unsaturated/α-hetero) is 1. The molecule has 4 nitrogen and oxygen atoms in total. The molecule has 0 bridgehead atoms. The summed E-state index contributed by atoms with van der Waals surface area (Å²) < 4.78 is 7.73. The van der Waals surface area contributed by atoms with Crippen LogP contribution in [-0.2, 0) is 13.2 Å². The highest BCUT2D eigenvalue weighted by molar-refractivity contribution is 5.95. The van der Waals surface area contributed by atoms with Crippen LogP contribution in [-0.4, -0.2) is 15.3 Å². The number of carbonyl (C=O) groups is 1. The zero-order valence-corrected chi connectivity index (χ0v) is 11.3. The largest absolute Gasteiger partial charge is 0.487 e. The van der Waals surface area contributed by atoms with Crippen LogP contribution in [0.25, 0.3) is 0 Å². The lowest BCUT2D eigenvalue weighted by Crippen LogP contribution is -2.04. The topological polar surface area (TPSA) is 44.1 Å². The van der Waals surface area contributed by atoms with E-state index in [0.717, 1.165) is 23.6 Å². The number of rotatable bonds is 6. The molecule has 0 fully saturated rings. The van der Waals surface area contributed by atoms with Gasteiger partial charge in [0, 0.05) is 18.5 Å². The van der Waals surface area contributed by atoms with E-state index in [2.05, 4.69) is 11.9 Å². The quantitative estimate of drug-likeness (QED) is 0.748. The highest BCUT2D eigenvalue weighted by Gasteiger charge is 2.04. The number of carbonyl (C=O) groups excluding carboxylic acids is 1. The van der Waals surface area contributed by atoms with Crippen LogP contribution < -0.4 is 4.74 Å². The van der Waals surface area contributed by atoms with E-state index in [1.54, 1.807) is 24.7 Å². The van der Waals surface area contributed by atoms with Crippen LogP contribution in [0.2, 0.25) is 0 Å². The standard InChI is InChI=1S/C15H18N2O2/c1-3-15(18)12-5-7-14(8-6-12)19-10-13-9-16-11-17(13)4-2/h5-9,11H,3-4,10H2,1-2H3. The monoisotopic (exact) mass is 258 g/mol. The molecule has 0 N–H and O–H groups in total. The number of hydrogen-bond donors (Lipinski definition) is 0. The van der Waals surface area contributed by atoms with Crippen molar-refractivity contribution in [3.8, 4) is 5.75 Å². The van der Waals surface area contributed by atoms with Crippen molar-refractivity contribution < 1.29 is 9.53 Å². The Hall–Kier alpha value is -2.10. The van der Waals surface area contributed by atoms with Gasteiger partial charge in [0.1, 0.15) is 12.4 Å². The van der Waals surface area contributed by atoms with Crippen molar-refractivity contribution in [2.75, 3.05) is 0 Å². The molecular formula is C15H18N2O2. The average Bonchev–Trinajstić information content (AvgIpc) is 2.92. The molecule has 0 amide bonds. The maximum atomic E-state index is 11.5. The van der Waals surface area contributed by atoms with Crippen molar-refractivity contribution in [3.05, 3.63) is 48.0 Å². The second kappa shape index (κ2) is 6.18. The number of benzene rings is 1.